The Morgan fingerprint density at radius 3 is 2.50 bits per heavy atom. The van der Waals surface area contributed by atoms with E-state index >= 15 is 0 Å². The van der Waals surface area contributed by atoms with E-state index in [1.165, 1.54) is 6.20 Å². The number of nitrogens with zero attached hydrogens (tertiary/aromatic N) is 1. The van der Waals surface area contributed by atoms with Crippen LogP contribution < -0.4 is 16.6 Å². The molecule has 40 heavy (non-hydrogen) atoms. The van der Waals surface area contributed by atoms with E-state index in [0.29, 0.717) is 0 Å². The fourth-order valence-electron chi connectivity index (χ4n) is 5.14. The van der Waals surface area contributed by atoms with Gasteiger partial charge in [0.05, 0.1) is 25.4 Å². The molecule has 1 aromatic rings. The van der Waals surface area contributed by atoms with Gasteiger partial charge in [0.15, 0.2) is 12.0 Å². The van der Waals surface area contributed by atoms with Crippen LogP contribution in [-0.2, 0) is 33.3 Å². The molecule has 17 nitrogen and oxygen atoms in total. The third kappa shape index (κ3) is 5.83. The van der Waals surface area contributed by atoms with E-state index in [4.69, 9.17) is 23.7 Å². The minimum absolute atomic E-state index is 0.537. The monoisotopic (exact) mass is 575 g/mol. The van der Waals surface area contributed by atoms with Crippen molar-refractivity contribution >= 4 is 11.9 Å². The molecule has 7 N–H and O–H groups in total. The molecule has 17 heteroatoms. The van der Waals surface area contributed by atoms with Gasteiger partial charge in [-0.2, -0.15) is 0 Å². The fourth-order valence-corrected chi connectivity index (χ4v) is 5.14. The second kappa shape index (κ2) is 11.3. The Morgan fingerprint density at radius 1 is 1.23 bits per heavy atom. The van der Waals surface area contributed by atoms with Gasteiger partial charge in [-0.1, -0.05) is 0 Å². The Labute approximate surface area is 226 Å². The summed E-state index contributed by atoms with van der Waals surface area (Å²) in [6, 6.07) is -0.250. The van der Waals surface area contributed by atoms with Gasteiger partial charge in [-0.3, -0.25) is 19.1 Å². The molecular weight excluding hydrogens is 542 g/mol. The molecule has 10 unspecified atom stereocenters. The van der Waals surface area contributed by atoms with E-state index < -0.39 is 109 Å². The summed E-state index contributed by atoms with van der Waals surface area (Å²) in [4.78, 5) is 50.2. The van der Waals surface area contributed by atoms with Crippen LogP contribution in [0.5, 0.6) is 0 Å². The van der Waals surface area contributed by atoms with Gasteiger partial charge >= 0.3 is 11.7 Å². The highest BCUT2D eigenvalue weighted by molar-refractivity contribution is 5.76. The van der Waals surface area contributed by atoms with E-state index in [2.05, 4.69) is 10.3 Å². The first-order valence-corrected chi connectivity index (χ1v) is 12.5. The highest BCUT2D eigenvalue weighted by Crippen LogP contribution is 2.43. The standard InChI is InChI=1S/C23H33N3O14/c1-9(28)24-14-10(29)6-23(20(33)34,40-17(14)15(32)11(30)7-27)36-8-12-16-18(39-22(2,3)38-16)19(37-12)26-5-4-13(31)25-21(26)35/h4-5,10-12,14-19,27,29-30,32H,6-8H2,1-3H3,(H,24,28)(H,33,34)(H,25,31,35). The molecule has 3 saturated heterocycles. The maximum Gasteiger partial charge on any atom is 0.364 e. The Hall–Kier alpha value is -2.74. The van der Waals surface area contributed by atoms with Gasteiger partial charge in [-0.25, -0.2) is 9.59 Å². The number of aliphatic hydroxyl groups excluding tert-OH is 4. The van der Waals surface area contributed by atoms with E-state index in [-0.39, 0.29) is 0 Å². The molecule has 0 aliphatic carbocycles. The number of amides is 1. The molecule has 4 rings (SSSR count). The number of aliphatic hydroxyl groups is 4. The average Bonchev–Trinajstić information content (AvgIpc) is 3.35. The maximum absolute atomic E-state index is 12.4. The van der Waals surface area contributed by atoms with Gasteiger partial charge < -0.3 is 54.5 Å². The topological polar surface area (TPSA) is 248 Å². The van der Waals surface area contributed by atoms with Crippen LogP contribution in [0.1, 0.15) is 33.4 Å². The number of carboxylic acid groups (broad SMARTS) is 1. The lowest BCUT2D eigenvalue weighted by molar-refractivity contribution is -0.318. The van der Waals surface area contributed by atoms with Crippen molar-refractivity contribution in [1.82, 2.24) is 14.9 Å². The van der Waals surface area contributed by atoms with Crippen molar-refractivity contribution in [2.24, 2.45) is 0 Å². The van der Waals surface area contributed by atoms with Crippen LogP contribution in [-0.4, -0.2) is 121 Å². The lowest BCUT2D eigenvalue weighted by Crippen LogP contribution is -2.68. The highest BCUT2D eigenvalue weighted by Gasteiger charge is 2.59. The highest BCUT2D eigenvalue weighted by atomic mass is 16.8. The summed E-state index contributed by atoms with van der Waals surface area (Å²) in [5, 5.41) is 53.1. The van der Waals surface area contributed by atoms with E-state index in [9.17, 15) is 44.7 Å². The fraction of sp³-hybridized carbons (Fsp3) is 0.739. The lowest BCUT2D eigenvalue weighted by Gasteiger charge is -2.46. The summed E-state index contributed by atoms with van der Waals surface area (Å²) in [6.07, 6.45) is -10.5. The van der Waals surface area contributed by atoms with Crippen molar-refractivity contribution in [1.29, 1.82) is 0 Å². The van der Waals surface area contributed by atoms with Crippen LogP contribution >= 0.6 is 0 Å². The molecule has 3 aliphatic rings. The van der Waals surface area contributed by atoms with Crippen LogP contribution in [0.2, 0.25) is 0 Å². The van der Waals surface area contributed by atoms with Crippen molar-refractivity contribution in [3.05, 3.63) is 33.1 Å². The number of fused-ring (bicyclic) bond motifs is 1. The molecule has 0 radical (unpaired) electrons. The van der Waals surface area contributed by atoms with E-state index in [0.717, 1.165) is 17.6 Å². The molecule has 0 saturated carbocycles. The van der Waals surface area contributed by atoms with Crippen molar-refractivity contribution < 1.29 is 58.8 Å². The quantitative estimate of drug-likeness (QED) is 0.149. The summed E-state index contributed by atoms with van der Waals surface area (Å²) >= 11 is 0. The molecule has 0 bridgehead atoms. The Balaban J connectivity index is 1.60. The van der Waals surface area contributed by atoms with Crippen molar-refractivity contribution in [3.63, 3.8) is 0 Å². The lowest BCUT2D eigenvalue weighted by atomic mass is 9.88. The van der Waals surface area contributed by atoms with Crippen LogP contribution in [0.3, 0.4) is 0 Å². The molecule has 10 atom stereocenters. The zero-order valence-electron chi connectivity index (χ0n) is 21.8. The summed E-state index contributed by atoms with van der Waals surface area (Å²) in [5.41, 5.74) is -1.41. The number of carbonyl (C=O) groups is 2. The molecular formula is C23H33N3O14. The number of H-pyrrole nitrogens is 1. The van der Waals surface area contributed by atoms with Crippen molar-refractivity contribution in [2.45, 2.75) is 93.8 Å². The number of ether oxygens (including phenoxy) is 5. The SMILES string of the molecule is CC(=O)NC1C(O)CC(OCC2OC(n3ccc(=O)[nH]c3=O)C3OC(C)(C)OC23)(C(=O)O)OC1C(O)C(O)CO. The minimum atomic E-state index is -2.60. The molecule has 3 aliphatic heterocycles. The van der Waals surface area contributed by atoms with Gasteiger partial charge in [-0.05, 0) is 13.8 Å². The molecule has 4 heterocycles. The Morgan fingerprint density at radius 2 is 1.90 bits per heavy atom. The Kier molecular flexibility index (Phi) is 8.51. The first-order chi connectivity index (χ1) is 18.7. The van der Waals surface area contributed by atoms with Gasteiger partial charge in [0, 0.05) is 25.6 Å². The molecule has 0 spiro atoms. The molecule has 1 amide bonds. The van der Waals surface area contributed by atoms with Crippen molar-refractivity contribution in [2.75, 3.05) is 13.2 Å². The van der Waals surface area contributed by atoms with E-state index in [1.807, 2.05) is 0 Å². The predicted molar refractivity (Wildman–Crippen MR) is 128 cm³/mol. The zero-order chi connectivity index (χ0) is 29.6. The van der Waals surface area contributed by atoms with Crippen LogP contribution in [0.15, 0.2) is 21.9 Å². The van der Waals surface area contributed by atoms with Crippen LogP contribution in [0.4, 0.5) is 0 Å². The average molecular weight is 576 g/mol. The number of aliphatic carboxylic acids is 1. The number of hydrogen-bond donors (Lipinski definition) is 7. The maximum atomic E-state index is 12.4. The van der Waals surface area contributed by atoms with Gasteiger partial charge in [-0.15, -0.1) is 0 Å². The zero-order valence-corrected chi connectivity index (χ0v) is 21.8. The normalized spacial score (nSPS) is 36.5. The third-order valence-corrected chi connectivity index (χ3v) is 6.92. The molecule has 3 fully saturated rings. The first-order valence-electron chi connectivity index (χ1n) is 12.5. The van der Waals surface area contributed by atoms with Gasteiger partial charge in [0.1, 0.15) is 36.6 Å². The van der Waals surface area contributed by atoms with Crippen LogP contribution in [0, 0.1) is 0 Å². The number of aromatic nitrogens is 2. The number of hydrogen-bond acceptors (Lipinski definition) is 13. The second-order valence-corrected chi connectivity index (χ2v) is 10.3. The van der Waals surface area contributed by atoms with Crippen molar-refractivity contribution in [3.8, 4) is 0 Å². The smallest absolute Gasteiger partial charge is 0.364 e. The predicted octanol–water partition coefficient (Wildman–Crippen LogP) is -3.88. The number of rotatable bonds is 9. The minimum Gasteiger partial charge on any atom is -0.477 e. The number of carboxylic acids is 1. The summed E-state index contributed by atoms with van der Waals surface area (Å²) < 4.78 is 30.2. The van der Waals surface area contributed by atoms with Gasteiger partial charge in [0.2, 0.25) is 5.91 Å². The number of nitrogens with one attached hydrogen (secondary N) is 2. The van der Waals surface area contributed by atoms with Crippen LogP contribution in [0.25, 0.3) is 0 Å². The second-order valence-electron chi connectivity index (χ2n) is 10.3. The summed E-state index contributed by atoms with van der Waals surface area (Å²) in [6.45, 7) is 2.90. The molecule has 1 aromatic heterocycles. The number of aromatic amines is 1. The number of carbonyl (C=O) groups excluding carboxylic acids is 1. The Bertz CT molecular complexity index is 1220. The van der Waals surface area contributed by atoms with Gasteiger partial charge in [0.25, 0.3) is 11.3 Å². The largest absolute Gasteiger partial charge is 0.477 e. The molecule has 224 valence electrons. The van der Waals surface area contributed by atoms with E-state index in [1.54, 1.807) is 13.8 Å². The first kappa shape index (κ1) is 30.2. The summed E-state index contributed by atoms with van der Waals surface area (Å²) in [5.74, 6) is -6.06. The third-order valence-electron chi connectivity index (χ3n) is 6.92. The summed E-state index contributed by atoms with van der Waals surface area (Å²) in [7, 11) is 0. The molecule has 0 aromatic carbocycles.